The molecule has 0 fully saturated rings. The molecule has 0 spiro atoms. The van der Waals surface area contributed by atoms with Crippen molar-refractivity contribution >= 4 is 35.8 Å². The Labute approximate surface area is 178 Å². The third-order valence-corrected chi connectivity index (χ3v) is 5.55. The van der Waals surface area contributed by atoms with Crippen molar-refractivity contribution in [1.29, 1.82) is 5.26 Å². The number of aryl methyl sites for hydroxylation is 1. The number of rotatable bonds is 3. The highest BCUT2D eigenvalue weighted by molar-refractivity contribution is 7.84. The lowest BCUT2D eigenvalue weighted by atomic mass is 10.1. The van der Waals surface area contributed by atoms with Crippen molar-refractivity contribution in [2.45, 2.75) is 13.1 Å². The number of nitrogens with one attached hydrogen (secondary N) is 1. The standard InChI is InChI=1S/C22H16ClN3O2S/c1-13-7-8-14(11-17(13)23)18-9-10-19(28-18)20-25-21(27)16(12-24)22(29)26(20)15-5-3-2-4-6-15/h2-11,20,29H,1H3,(H,25,27)/t20-/m0/s1. The quantitative estimate of drug-likeness (QED) is 0.569. The van der Waals surface area contributed by atoms with Crippen LogP contribution < -0.4 is 10.2 Å². The first-order chi connectivity index (χ1) is 14.0. The van der Waals surface area contributed by atoms with Crippen LogP contribution in [0.2, 0.25) is 5.02 Å². The van der Waals surface area contributed by atoms with Gasteiger partial charge < -0.3 is 14.6 Å². The van der Waals surface area contributed by atoms with Gasteiger partial charge in [-0.15, -0.1) is 12.6 Å². The molecule has 3 aromatic rings. The van der Waals surface area contributed by atoms with Crippen LogP contribution in [0.5, 0.6) is 0 Å². The van der Waals surface area contributed by atoms with Crippen molar-refractivity contribution < 1.29 is 9.21 Å². The lowest BCUT2D eigenvalue weighted by Crippen LogP contribution is -2.45. The van der Waals surface area contributed by atoms with Gasteiger partial charge in [-0.25, -0.2) is 0 Å². The molecule has 1 amide bonds. The minimum atomic E-state index is -0.649. The van der Waals surface area contributed by atoms with E-state index in [1.165, 1.54) is 0 Å². The highest BCUT2D eigenvalue weighted by Gasteiger charge is 2.35. The molecule has 0 aliphatic carbocycles. The van der Waals surface area contributed by atoms with E-state index in [-0.39, 0.29) is 10.6 Å². The number of nitriles is 1. The summed E-state index contributed by atoms with van der Waals surface area (Å²) < 4.78 is 6.07. The number of carbonyl (C=O) groups is 1. The molecule has 0 radical (unpaired) electrons. The number of thiol groups is 1. The van der Waals surface area contributed by atoms with Gasteiger partial charge in [0.2, 0.25) is 0 Å². The van der Waals surface area contributed by atoms with Gasteiger partial charge in [-0.05, 0) is 42.8 Å². The largest absolute Gasteiger partial charge is 0.457 e. The predicted octanol–water partition coefficient (Wildman–Crippen LogP) is 5.21. The number of nitrogens with zero attached hydrogens (tertiary/aromatic N) is 2. The molecule has 5 nitrogen and oxygen atoms in total. The molecule has 29 heavy (non-hydrogen) atoms. The summed E-state index contributed by atoms with van der Waals surface area (Å²) >= 11 is 10.7. The van der Waals surface area contributed by atoms with Gasteiger partial charge >= 0.3 is 0 Å². The van der Waals surface area contributed by atoms with Gasteiger partial charge in [0.15, 0.2) is 6.17 Å². The molecule has 1 N–H and O–H groups in total. The van der Waals surface area contributed by atoms with Crippen LogP contribution in [0.4, 0.5) is 5.69 Å². The first-order valence-corrected chi connectivity index (χ1v) is 9.67. The van der Waals surface area contributed by atoms with Crippen molar-refractivity contribution in [2.75, 3.05) is 4.90 Å². The van der Waals surface area contributed by atoms with Gasteiger partial charge in [0, 0.05) is 16.3 Å². The van der Waals surface area contributed by atoms with Gasteiger partial charge in [0.25, 0.3) is 5.91 Å². The molecular formula is C22H16ClN3O2S. The predicted molar refractivity (Wildman–Crippen MR) is 115 cm³/mol. The number of benzene rings is 2. The Hall–Kier alpha value is -3.14. The summed E-state index contributed by atoms with van der Waals surface area (Å²) in [7, 11) is 0. The molecule has 0 bridgehead atoms. The highest BCUT2D eigenvalue weighted by atomic mass is 35.5. The van der Waals surface area contributed by atoms with E-state index in [2.05, 4.69) is 17.9 Å². The Kier molecular flexibility index (Phi) is 5.10. The van der Waals surface area contributed by atoms with E-state index < -0.39 is 12.1 Å². The third-order valence-electron chi connectivity index (χ3n) is 4.70. The van der Waals surface area contributed by atoms with Crippen LogP contribution in [0.15, 0.2) is 75.7 Å². The molecule has 144 valence electrons. The molecule has 2 heterocycles. The Bertz CT molecular complexity index is 1160. The van der Waals surface area contributed by atoms with E-state index in [4.69, 9.17) is 16.0 Å². The summed E-state index contributed by atoms with van der Waals surface area (Å²) in [5, 5.41) is 13.1. The number of para-hydroxylation sites is 1. The Morgan fingerprint density at radius 2 is 1.93 bits per heavy atom. The Morgan fingerprint density at radius 3 is 2.62 bits per heavy atom. The molecule has 2 aromatic carbocycles. The maximum Gasteiger partial charge on any atom is 0.266 e. The zero-order valence-electron chi connectivity index (χ0n) is 15.4. The molecule has 1 aliphatic rings. The second-order valence-electron chi connectivity index (χ2n) is 6.56. The molecule has 4 rings (SSSR count). The third kappa shape index (κ3) is 3.51. The Morgan fingerprint density at radius 1 is 1.17 bits per heavy atom. The van der Waals surface area contributed by atoms with Gasteiger partial charge in [-0.3, -0.25) is 4.79 Å². The maximum absolute atomic E-state index is 12.4. The topological polar surface area (TPSA) is 69.3 Å². The van der Waals surface area contributed by atoms with Crippen molar-refractivity contribution in [2.24, 2.45) is 0 Å². The molecule has 0 saturated heterocycles. The first kappa shape index (κ1) is 19.2. The average Bonchev–Trinajstić information content (AvgIpc) is 3.21. The fraction of sp³-hybridized carbons (Fsp3) is 0.0909. The monoisotopic (exact) mass is 421 g/mol. The van der Waals surface area contributed by atoms with Crippen molar-refractivity contribution in [3.8, 4) is 17.4 Å². The van der Waals surface area contributed by atoms with Crippen LogP contribution in [0.25, 0.3) is 11.3 Å². The smallest absolute Gasteiger partial charge is 0.266 e. The molecule has 1 aliphatic heterocycles. The van der Waals surface area contributed by atoms with Crippen LogP contribution in [0.1, 0.15) is 17.5 Å². The molecule has 7 heteroatoms. The van der Waals surface area contributed by atoms with Gasteiger partial charge in [-0.2, -0.15) is 5.26 Å². The number of halogens is 1. The minimum Gasteiger partial charge on any atom is -0.457 e. The van der Waals surface area contributed by atoms with Crippen LogP contribution in [0, 0.1) is 18.3 Å². The number of amides is 1. The van der Waals surface area contributed by atoms with E-state index in [9.17, 15) is 10.1 Å². The molecule has 1 aromatic heterocycles. The average molecular weight is 422 g/mol. The zero-order chi connectivity index (χ0) is 20.5. The van der Waals surface area contributed by atoms with Crippen molar-refractivity contribution in [1.82, 2.24) is 5.32 Å². The van der Waals surface area contributed by atoms with Gasteiger partial charge in [0.1, 0.15) is 23.2 Å². The maximum atomic E-state index is 12.4. The number of hydrogen-bond acceptors (Lipinski definition) is 5. The number of anilines is 1. The van der Waals surface area contributed by atoms with E-state index in [1.807, 2.05) is 67.6 Å². The van der Waals surface area contributed by atoms with Crippen LogP contribution in [-0.4, -0.2) is 5.91 Å². The Balaban J connectivity index is 1.78. The van der Waals surface area contributed by atoms with E-state index >= 15 is 0 Å². The fourth-order valence-corrected chi connectivity index (χ4v) is 3.73. The highest BCUT2D eigenvalue weighted by Crippen LogP contribution is 2.37. The van der Waals surface area contributed by atoms with E-state index in [0.29, 0.717) is 16.5 Å². The first-order valence-electron chi connectivity index (χ1n) is 8.84. The van der Waals surface area contributed by atoms with E-state index in [1.54, 1.807) is 11.0 Å². The van der Waals surface area contributed by atoms with Crippen molar-refractivity contribution in [3.05, 3.63) is 87.6 Å². The second kappa shape index (κ2) is 7.70. The van der Waals surface area contributed by atoms with Crippen LogP contribution in [0.3, 0.4) is 0 Å². The van der Waals surface area contributed by atoms with E-state index in [0.717, 1.165) is 16.8 Å². The number of carbonyl (C=O) groups excluding carboxylic acids is 1. The molecule has 0 saturated carbocycles. The molecular weight excluding hydrogens is 406 g/mol. The summed E-state index contributed by atoms with van der Waals surface area (Å²) in [4.78, 5) is 14.2. The number of furan rings is 1. The summed E-state index contributed by atoms with van der Waals surface area (Å²) in [6.45, 7) is 1.93. The van der Waals surface area contributed by atoms with Gasteiger partial charge in [-0.1, -0.05) is 41.9 Å². The summed E-state index contributed by atoms with van der Waals surface area (Å²) in [6.07, 6.45) is -0.649. The van der Waals surface area contributed by atoms with Crippen molar-refractivity contribution in [3.63, 3.8) is 0 Å². The van der Waals surface area contributed by atoms with Gasteiger partial charge in [0.05, 0.1) is 5.03 Å². The fourth-order valence-electron chi connectivity index (χ4n) is 3.17. The number of hydrogen-bond donors (Lipinski definition) is 2. The zero-order valence-corrected chi connectivity index (χ0v) is 17.0. The lowest BCUT2D eigenvalue weighted by Gasteiger charge is -2.36. The molecule has 1 atom stereocenters. The normalized spacial score (nSPS) is 16.6. The van der Waals surface area contributed by atoms with Crippen LogP contribution >= 0.6 is 24.2 Å². The van der Waals surface area contributed by atoms with Crippen LogP contribution in [-0.2, 0) is 4.79 Å². The minimum absolute atomic E-state index is 0.0504. The summed E-state index contributed by atoms with van der Waals surface area (Å²) in [5.41, 5.74) is 2.53. The SMILES string of the molecule is Cc1ccc(-c2ccc([C@H]3NC(=O)C(C#N)=C(S)N3c3ccccc3)o2)cc1Cl. The lowest BCUT2D eigenvalue weighted by molar-refractivity contribution is -0.118. The second-order valence-corrected chi connectivity index (χ2v) is 7.39. The summed E-state index contributed by atoms with van der Waals surface area (Å²) in [5.74, 6) is 0.642. The summed E-state index contributed by atoms with van der Waals surface area (Å²) in [6, 6.07) is 20.6. The molecule has 0 unspecified atom stereocenters.